The van der Waals surface area contributed by atoms with Gasteiger partial charge in [0.15, 0.2) is 6.29 Å². The Kier molecular flexibility index (Phi) is 5.57. The van der Waals surface area contributed by atoms with Crippen molar-refractivity contribution in [1.82, 2.24) is 5.32 Å². The van der Waals surface area contributed by atoms with E-state index in [4.69, 9.17) is 9.47 Å². The van der Waals surface area contributed by atoms with Crippen LogP contribution in [0.5, 0.6) is 0 Å². The summed E-state index contributed by atoms with van der Waals surface area (Å²) in [4.78, 5) is 0. The normalized spacial score (nSPS) is 30.8. The molecule has 0 bridgehead atoms. The van der Waals surface area contributed by atoms with E-state index in [2.05, 4.69) is 81.5 Å². The molecule has 1 N–H and O–H groups in total. The monoisotopic (exact) mass is 339 g/mol. The quantitative estimate of drug-likeness (QED) is 0.849. The minimum atomic E-state index is -0.393. The molecular weight excluding hydrogens is 310 g/mol. The number of ether oxygens (including phenoxy) is 2. The molecule has 134 valence electrons. The van der Waals surface area contributed by atoms with Gasteiger partial charge in [-0.25, -0.2) is 0 Å². The summed E-state index contributed by atoms with van der Waals surface area (Å²) < 4.78 is 12.9. The van der Waals surface area contributed by atoms with Gasteiger partial charge in [0.25, 0.3) is 0 Å². The second kappa shape index (κ2) is 7.69. The standard InChI is InChI=1S/C22H29NO2/c1-5-20(18-12-8-6-9-13-18)25-21-22(4,19-14-10-7-11-15-19)23-16(2)17(3)24-21/h6-17,20-21,23H,5H2,1-4H3/t16?,17?,20?,21?,22-/m0/s1. The number of hydrogen-bond acceptors (Lipinski definition) is 3. The highest BCUT2D eigenvalue weighted by atomic mass is 16.7. The number of benzene rings is 2. The molecule has 2 aromatic rings. The van der Waals surface area contributed by atoms with Crippen molar-refractivity contribution in [3.05, 3.63) is 71.8 Å². The maximum atomic E-state index is 6.53. The van der Waals surface area contributed by atoms with Crippen molar-refractivity contribution in [2.24, 2.45) is 0 Å². The Labute approximate surface area is 151 Å². The second-order valence-electron chi connectivity index (χ2n) is 7.12. The molecule has 0 radical (unpaired) electrons. The molecule has 1 fully saturated rings. The Balaban J connectivity index is 1.90. The van der Waals surface area contributed by atoms with Crippen LogP contribution in [-0.4, -0.2) is 18.4 Å². The molecule has 0 saturated carbocycles. The first kappa shape index (κ1) is 18.1. The molecule has 0 aromatic heterocycles. The molecule has 3 heteroatoms. The second-order valence-corrected chi connectivity index (χ2v) is 7.12. The van der Waals surface area contributed by atoms with Crippen LogP contribution in [0.3, 0.4) is 0 Å². The maximum absolute atomic E-state index is 6.53. The molecule has 4 unspecified atom stereocenters. The van der Waals surface area contributed by atoms with Crippen molar-refractivity contribution in [1.29, 1.82) is 0 Å². The average Bonchev–Trinajstić information content (AvgIpc) is 2.65. The fourth-order valence-corrected chi connectivity index (χ4v) is 3.51. The van der Waals surface area contributed by atoms with Gasteiger partial charge in [-0.2, -0.15) is 0 Å². The Morgan fingerprint density at radius 3 is 2.24 bits per heavy atom. The molecule has 25 heavy (non-hydrogen) atoms. The van der Waals surface area contributed by atoms with Gasteiger partial charge in [-0.15, -0.1) is 0 Å². The minimum absolute atomic E-state index is 0.0108. The van der Waals surface area contributed by atoms with Crippen LogP contribution in [0, 0.1) is 0 Å². The lowest BCUT2D eigenvalue weighted by Gasteiger charge is -2.48. The van der Waals surface area contributed by atoms with E-state index in [0.29, 0.717) is 0 Å². The van der Waals surface area contributed by atoms with Crippen molar-refractivity contribution < 1.29 is 9.47 Å². The van der Waals surface area contributed by atoms with Crippen LogP contribution in [0.25, 0.3) is 0 Å². The van der Waals surface area contributed by atoms with E-state index >= 15 is 0 Å². The third-order valence-corrected chi connectivity index (χ3v) is 5.24. The predicted octanol–water partition coefficient (Wildman–Crippen LogP) is 4.79. The zero-order chi connectivity index (χ0) is 17.9. The fourth-order valence-electron chi connectivity index (χ4n) is 3.51. The van der Waals surface area contributed by atoms with Crippen LogP contribution in [0.4, 0.5) is 0 Å². The Hall–Kier alpha value is -1.68. The summed E-state index contributed by atoms with van der Waals surface area (Å²) in [5, 5.41) is 3.74. The molecule has 0 spiro atoms. The summed E-state index contributed by atoms with van der Waals surface area (Å²) in [5.74, 6) is 0. The molecular formula is C22H29NO2. The zero-order valence-electron chi connectivity index (χ0n) is 15.6. The van der Waals surface area contributed by atoms with Gasteiger partial charge >= 0.3 is 0 Å². The number of hydrogen-bond donors (Lipinski definition) is 1. The highest BCUT2D eigenvalue weighted by Gasteiger charge is 2.45. The summed E-state index contributed by atoms with van der Waals surface area (Å²) in [6.45, 7) is 8.59. The van der Waals surface area contributed by atoms with E-state index in [1.807, 2.05) is 12.1 Å². The third kappa shape index (κ3) is 3.79. The van der Waals surface area contributed by atoms with Gasteiger partial charge in [-0.05, 0) is 38.3 Å². The fraction of sp³-hybridized carbons (Fsp3) is 0.455. The molecule has 1 aliphatic rings. The molecule has 1 aliphatic heterocycles. The molecule has 1 saturated heterocycles. The molecule has 2 aromatic carbocycles. The first-order chi connectivity index (χ1) is 12.0. The Morgan fingerprint density at radius 1 is 1.04 bits per heavy atom. The molecule has 5 atom stereocenters. The van der Waals surface area contributed by atoms with E-state index in [-0.39, 0.29) is 24.5 Å². The largest absolute Gasteiger partial charge is 0.346 e. The Morgan fingerprint density at radius 2 is 1.64 bits per heavy atom. The van der Waals surface area contributed by atoms with Crippen LogP contribution in [0.15, 0.2) is 60.7 Å². The smallest absolute Gasteiger partial charge is 0.180 e. The van der Waals surface area contributed by atoms with Gasteiger partial charge in [-0.3, -0.25) is 5.32 Å². The summed E-state index contributed by atoms with van der Waals surface area (Å²) in [5.41, 5.74) is 1.98. The number of morpholine rings is 1. The maximum Gasteiger partial charge on any atom is 0.180 e. The lowest BCUT2D eigenvalue weighted by molar-refractivity contribution is -0.259. The summed E-state index contributed by atoms with van der Waals surface area (Å²) in [7, 11) is 0. The highest BCUT2D eigenvalue weighted by Crippen LogP contribution is 2.37. The number of nitrogens with one attached hydrogen (secondary N) is 1. The van der Waals surface area contributed by atoms with Crippen molar-refractivity contribution in [3.8, 4) is 0 Å². The topological polar surface area (TPSA) is 30.5 Å². The first-order valence-electron chi connectivity index (χ1n) is 9.23. The summed E-state index contributed by atoms with van der Waals surface area (Å²) >= 11 is 0. The van der Waals surface area contributed by atoms with Crippen LogP contribution < -0.4 is 5.32 Å². The van der Waals surface area contributed by atoms with Crippen LogP contribution in [0.1, 0.15) is 51.3 Å². The zero-order valence-corrected chi connectivity index (χ0v) is 15.6. The van der Waals surface area contributed by atoms with E-state index in [1.54, 1.807) is 0 Å². The van der Waals surface area contributed by atoms with Crippen LogP contribution >= 0.6 is 0 Å². The first-order valence-corrected chi connectivity index (χ1v) is 9.23. The van der Waals surface area contributed by atoms with Crippen LogP contribution in [-0.2, 0) is 15.0 Å². The van der Waals surface area contributed by atoms with Crippen molar-refractivity contribution in [2.45, 2.75) is 64.2 Å². The molecule has 1 heterocycles. The van der Waals surface area contributed by atoms with Gasteiger partial charge in [0, 0.05) is 6.04 Å². The SMILES string of the molecule is CCC(OC1OC(C)C(C)N[C@@]1(C)c1ccccc1)c1ccccc1. The lowest BCUT2D eigenvalue weighted by atomic mass is 9.87. The van der Waals surface area contributed by atoms with Gasteiger partial charge in [0.2, 0.25) is 0 Å². The molecule has 3 rings (SSSR count). The van der Waals surface area contributed by atoms with E-state index in [1.165, 1.54) is 11.1 Å². The van der Waals surface area contributed by atoms with Crippen molar-refractivity contribution >= 4 is 0 Å². The van der Waals surface area contributed by atoms with Gasteiger partial charge < -0.3 is 9.47 Å². The minimum Gasteiger partial charge on any atom is -0.346 e. The van der Waals surface area contributed by atoms with Gasteiger partial charge in [0.05, 0.1) is 17.7 Å². The van der Waals surface area contributed by atoms with Gasteiger partial charge in [-0.1, -0.05) is 67.6 Å². The Bertz CT molecular complexity index is 660. The van der Waals surface area contributed by atoms with E-state index in [0.717, 1.165) is 6.42 Å². The molecule has 0 amide bonds. The van der Waals surface area contributed by atoms with Gasteiger partial charge in [0.1, 0.15) is 0 Å². The van der Waals surface area contributed by atoms with Crippen LogP contribution in [0.2, 0.25) is 0 Å². The summed E-state index contributed by atoms with van der Waals surface area (Å²) in [6.07, 6.45) is 0.650. The highest BCUT2D eigenvalue weighted by molar-refractivity contribution is 5.26. The predicted molar refractivity (Wildman–Crippen MR) is 101 cm³/mol. The van der Waals surface area contributed by atoms with E-state index < -0.39 is 5.54 Å². The van der Waals surface area contributed by atoms with Crippen molar-refractivity contribution in [2.75, 3.05) is 0 Å². The van der Waals surface area contributed by atoms with Crippen molar-refractivity contribution in [3.63, 3.8) is 0 Å². The summed E-state index contributed by atoms with van der Waals surface area (Å²) in [6, 6.07) is 21.1. The van der Waals surface area contributed by atoms with E-state index in [9.17, 15) is 0 Å². The lowest BCUT2D eigenvalue weighted by Crippen LogP contribution is -2.63. The number of rotatable bonds is 5. The third-order valence-electron chi connectivity index (χ3n) is 5.24. The molecule has 3 nitrogen and oxygen atoms in total. The molecule has 0 aliphatic carbocycles. The average molecular weight is 339 g/mol.